The summed E-state index contributed by atoms with van der Waals surface area (Å²) in [5, 5.41) is 2.88. The van der Waals surface area contributed by atoms with E-state index in [0.717, 1.165) is 5.56 Å². The van der Waals surface area contributed by atoms with Crippen LogP contribution >= 0.6 is 0 Å². The highest BCUT2D eigenvalue weighted by Crippen LogP contribution is 2.21. The van der Waals surface area contributed by atoms with Gasteiger partial charge in [-0.1, -0.05) is 17.7 Å². The number of carbonyl (C=O) groups excluding carboxylic acids is 3. The second kappa shape index (κ2) is 8.69. The van der Waals surface area contributed by atoms with Crippen LogP contribution in [0.15, 0.2) is 48.5 Å². The molecule has 2 aromatic rings. The summed E-state index contributed by atoms with van der Waals surface area (Å²) < 4.78 is 4.66. The summed E-state index contributed by atoms with van der Waals surface area (Å²) >= 11 is 0. The zero-order valence-electron chi connectivity index (χ0n) is 16.1. The predicted molar refractivity (Wildman–Crippen MR) is 106 cm³/mol. The Kier molecular flexibility index (Phi) is 6.09. The van der Waals surface area contributed by atoms with Crippen molar-refractivity contribution in [3.8, 4) is 0 Å². The third kappa shape index (κ3) is 4.57. The molecule has 0 aliphatic carbocycles. The van der Waals surface area contributed by atoms with Crippen LogP contribution in [-0.4, -0.2) is 42.9 Å². The Morgan fingerprint density at radius 3 is 2.07 bits per heavy atom. The van der Waals surface area contributed by atoms with E-state index in [1.807, 2.05) is 31.2 Å². The van der Waals surface area contributed by atoms with E-state index < -0.39 is 5.97 Å². The zero-order valence-corrected chi connectivity index (χ0v) is 16.1. The number of ether oxygens (including phenoxy) is 1. The highest BCUT2D eigenvalue weighted by atomic mass is 16.5. The molecular weight excluding hydrogens is 356 g/mol. The van der Waals surface area contributed by atoms with Gasteiger partial charge in [0.1, 0.15) is 0 Å². The van der Waals surface area contributed by atoms with Crippen LogP contribution in [0.1, 0.15) is 39.1 Å². The monoisotopic (exact) mass is 380 g/mol. The van der Waals surface area contributed by atoms with Gasteiger partial charge in [-0.2, -0.15) is 0 Å². The average Bonchev–Trinajstić information content (AvgIpc) is 2.74. The van der Waals surface area contributed by atoms with Crippen LogP contribution in [0, 0.1) is 12.8 Å². The molecule has 1 N–H and O–H groups in total. The van der Waals surface area contributed by atoms with Gasteiger partial charge in [0.15, 0.2) is 0 Å². The van der Waals surface area contributed by atoms with Gasteiger partial charge in [0, 0.05) is 30.3 Å². The maximum absolute atomic E-state index is 12.6. The number of piperidine rings is 1. The van der Waals surface area contributed by atoms with Crippen LogP contribution in [0.25, 0.3) is 0 Å². The lowest BCUT2D eigenvalue weighted by atomic mass is 9.95. The number of esters is 1. The van der Waals surface area contributed by atoms with Crippen LogP contribution in [0.2, 0.25) is 0 Å². The smallest absolute Gasteiger partial charge is 0.337 e. The van der Waals surface area contributed by atoms with E-state index in [9.17, 15) is 14.4 Å². The Morgan fingerprint density at radius 1 is 0.929 bits per heavy atom. The molecule has 0 radical (unpaired) electrons. The summed E-state index contributed by atoms with van der Waals surface area (Å²) in [5.74, 6) is -0.601. The molecule has 1 fully saturated rings. The van der Waals surface area contributed by atoms with E-state index in [4.69, 9.17) is 0 Å². The molecule has 6 nitrogen and oxygen atoms in total. The third-order valence-corrected chi connectivity index (χ3v) is 5.03. The SMILES string of the molecule is COC(=O)c1ccc(NC(=O)C2CCN(C(=O)c3ccc(C)cc3)CC2)cc1. The minimum Gasteiger partial charge on any atom is -0.465 e. The first kappa shape index (κ1) is 19.6. The van der Waals surface area contributed by atoms with Gasteiger partial charge in [-0.05, 0) is 56.2 Å². The summed E-state index contributed by atoms with van der Waals surface area (Å²) in [4.78, 5) is 38.4. The molecule has 0 bridgehead atoms. The van der Waals surface area contributed by atoms with Gasteiger partial charge in [0.25, 0.3) is 5.91 Å². The lowest BCUT2D eigenvalue weighted by Crippen LogP contribution is -2.41. The van der Waals surface area contributed by atoms with Gasteiger partial charge in [-0.15, -0.1) is 0 Å². The highest BCUT2D eigenvalue weighted by Gasteiger charge is 2.27. The molecule has 1 aliphatic heterocycles. The molecular formula is C22H24N2O4. The topological polar surface area (TPSA) is 75.7 Å². The van der Waals surface area contributed by atoms with Crippen LogP contribution in [0.3, 0.4) is 0 Å². The Hall–Kier alpha value is -3.15. The zero-order chi connectivity index (χ0) is 20.1. The summed E-state index contributed by atoms with van der Waals surface area (Å²) in [7, 11) is 1.33. The van der Waals surface area contributed by atoms with E-state index in [2.05, 4.69) is 10.1 Å². The van der Waals surface area contributed by atoms with Crippen LogP contribution in [-0.2, 0) is 9.53 Å². The first-order valence-electron chi connectivity index (χ1n) is 9.33. The lowest BCUT2D eigenvalue weighted by molar-refractivity contribution is -0.121. The maximum atomic E-state index is 12.6. The number of nitrogens with one attached hydrogen (secondary N) is 1. The number of anilines is 1. The summed E-state index contributed by atoms with van der Waals surface area (Å²) in [6, 6.07) is 14.1. The molecule has 1 heterocycles. The molecule has 3 rings (SSSR count). The van der Waals surface area contributed by atoms with Crippen molar-refractivity contribution in [1.82, 2.24) is 4.90 Å². The summed E-state index contributed by atoms with van der Waals surface area (Å²) in [6.45, 7) is 3.11. The number of benzene rings is 2. The standard InChI is InChI=1S/C22H24N2O4/c1-15-3-5-17(6-4-15)21(26)24-13-11-16(12-14-24)20(25)23-19-9-7-18(8-10-19)22(27)28-2/h3-10,16H,11-14H2,1-2H3,(H,23,25). The first-order chi connectivity index (χ1) is 13.5. The molecule has 0 spiro atoms. The summed E-state index contributed by atoms with van der Waals surface area (Å²) in [6.07, 6.45) is 1.26. The van der Waals surface area contributed by atoms with E-state index in [-0.39, 0.29) is 17.7 Å². The fraction of sp³-hybridized carbons (Fsp3) is 0.318. The largest absolute Gasteiger partial charge is 0.465 e. The molecule has 2 aromatic carbocycles. The average molecular weight is 380 g/mol. The van der Waals surface area contributed by atoms with E-state index in [1.54, 1.807) is 29.2 Å². The number of rotatable bonds is 4. The normalized spacial score (nSPS) is 14.4. The predicted octanol–water partition coefficient (Wildman–Crippen LogP) is 3.27. The van der Waals surface area contributed by atoms with Crippen molar-refractivity contribution in [3.05, 3.63) is 65.2 Å². The number of methoxy groups -OCH3 is 1. The van der Waals surface area contributed by atoms with E-state index in [0.29, 0.717) is 42.7 Å². The molecule has 1 aliphatic rings. The van der Waals surface area contributed by atoms with Crippen LogP contribution in [0.5, 0.6) is 0 Å². The van der Waals surface area contributed by atoms with Crippen molar-refractivity contribution < 1.29 is 19.1 Å². The van der Waals surface area contributed by atoms with Crippen molar-refractivity contribution in [2.75, 3.05) is 25.5 Å². The Labute approximate surface area is 164 Å². The van der Waals surface area contributed by atoms with E-state index >= 15 is 0 Å². The molecule has 146 valence electrons. The molecule has 28 heavy (non-hydrogen) atoms. The molecule has 1 saturated heterocycles. The molecule has 2 amide bonds. The minimum absolute atomic E-state index is 0.0113. The molecule has 0 saturated carbocycles. The lowest BCUT2D eigenvalue weighted by Gasteiger charge is -2.31. The third-order valence-electron chi connectivity index (χ3n) is 5.03. The van der Waals surface area contributed by atoms with Crippen LogP contribution in [0.4, 0.5) is 5.69 Å². The van der Waals surface area contributed by atoms with Gasteiger partial charge in [0.05, 0.1) is 12.7 Å². The highest BCUT2D eigenvalue weighted by molar-refractivity contribution is 5.96. The van der Waals surface area contributed by atoms with Gasteiger partial charge >= 0.3 is 5.97 Å². The number of amides is 2. The number of aryl methyl sites for hydroxylation is 1. The Balaban J connectivity index is 1.53. The molecule has 0 atom stereocenters. The fourth-order valence-corrected chi connectivity index (χ4v) is 3.28. The van der Waals surface area contributed by atoms with Gasteiger partial charge in [-0.25, -0.2) is 4.79 Å². The van der Waals surface area contributed by atoms with Gasteiger partial charge in [-0.3, -0.25) is 9.59 Å². The van der Waals surface area contributed by atoms with Crippen molar-refractivity contribution >= 4 is 23.5 Å². The molecule has 6 heteroatoms. The number of carbonyl (C=O) groups is 3. The Morgan fingerprint density at radius 2 is 1.50 bits per heavy atom. The Bertz CT molecular complexity index is 851. The first-order valence-corrected chi connectivity index (χ1v) is 9.33. The second-order valence-corrected chi connectivity index (χ2v) is 6.99. The van der Waals surface area contributed by atoms with Crippen molar-refractivity contribution in [2.45, 2.75) is 19.8 Å². The number of nitrogens with zero attached hydrogens (tertiary/aromatic N) is 1. The number of hydrogen-bond acceptors (Lipinski definition) is 4. The van der Waals surface area contributed by atoms with Crippen molar-refractivity contribution in [1.29, 1.82) is 0 Å². The quantitative estimate of drug-likeness (QED) is 0.826. The minimum atomic E-state index is -0.413. The number of likely N-dealkylation sites (tertiary alicyclic amines) is 1. The van der Waals surface area contributed by atoms with Crippen molar-refractivity contribution in [2.24, 2.45) is 5.92 Å². The summed E-state index contributed by atoms with van der Waals surface area (Å²) in [5.41, 5.74) is 2.87. The molecule has 0 aromatic heterocycles. The number of hydrogen-bond donors (Lipinski definition) is 1. The van der Waals surface area contributed by atoms with Gasteiger partial charge < -0.3 is 15.0 Å². The maximum Gasteiger partial charge on any atom is 0.337 e. The molecule has 0 unspecified atom stereocenters. The van der Waals surface area contributed by atoms with Crippen LogP contribution < -0.4 is 5.32 Å². The van der Waals surface area contributed by atoms with E-state index in [1.165, 1.54) is 7.11 Å². The van der Waals surface area contributed by atoms with Gasteiger partial charge in [0.2, 0.25) is 5.91 Å². The fourth-order valence-electron chi connectivity index (χ4n) is 3.28. The van der Waals surface area contributed by atoms with Crippen molar-refractivity contribution in [3.63, 3.8) is 0 Å². The second-order valence-electron chi connectivity index (χ2n) is 6.99.